The molecule has 0 N–H and O–H groups in total. The number of hydrogen-bond acceptors (Lipinski definition) is 1. The molecule has 0 amide bonds. The molecular weight excluding hydrogens is 236 g/mol. The fraction of sp³-hybridized carbons (Fsp3) is 1.00. The van der Waals surface area contributed by atoms with Crippen LogP contribution < -0.4 is 0 Å². The van der Waals surface area contributed by atoms with Gasteiger partial charge in [-0.15, -0.1) is 0 Å². The molecule has 0 aliphatic heterocycles. The summed E-state index contributed by atoms with van der Waals surface area (Å²) in [6, 6.07) is 0. The van der Waals surface area contributed by atoms with E-state index in [-0.39, 0.29) is 0 Å². The Labute approximate surface area is 121 Å². The van der Waals surface area contributed by atoms with Gasteiger partial charge < -0.3 is 0 Å². The summed E-state index contributed by atoms with van der Waals surface area (Å²) in [7, 11) is 0. The fourth-order valence-corrected chi connectivity index (χ4v) is 3.62. The summed E-state index contributed by atoms with van der Waals surface area (Å²) in [4.78, 5) is 0. The van der Waals surface area contributed by atoms with Gasteiger partial charge in [-0.25, -0.2) is 0 Å². The molecular formula is C17H36S. The van der Waals surface area contributed by atoms with Gasteiger partial charge in [0.05, 0.1) is 0 Å². The first-order chi connectivity index (χ1) is 8.85. The zero-order valence-corrected chi connectivity index (χ0v) is 14.0. The summed E-state index contributed by atoms with van der Waals surface area (Å²) in [6.07, 6.45) is 15.7. The monoisotopic (exact) mass is 272 g/mol. The molecule has 0 nitrogen and oxygen atoms in total. The van der Waals surface area contributed by atoms with Crippen LogP contribution in [-0.4, -0.2) is 11.5 Å². The highest BCUT2D eigenvalue weighted by Gasteiger charge is 2.05. The van der Waals surface area contributed by atoms with Crippen LogP contribution in [0.4, 0.5) is 0 Å². The van der Waals surface area contributed by atoms with E-state index in [4.69, 9.17) is 0 Å². The lowest BCUT2D eigenvalue weighted by atomic mass is 10.0. The van der Waals surface area contributed by atoms with Gasteiger partial charge in [0.25, 0.3) is 0 Å². The van der Waals surface area contributed by atoms with Crippen molar-refractivity contribution in [3.05, 3.63) is 0 Å². The third-order valence-corrected chi connectivity index (χ3v) is 5.07. The summed E-state index contributed by atoms with van der Waals surface area (Å²) in [5.74, 6) is 3.79. The zero-order valence-electron chi connectivity index (χ0n) is 13.2. The highest BCUT2D eigenvalue weighted by molar-refractivity contribution is 7.99. The molecule has 0 heterocycles. The molecule has 0 aromatic rings. The summed E-state index contributed by atoms with van der Waals surface area (Å²) in [5, 5.41) is 0. The van der Waals surface area contributed by atoms with Gasteiger partial charge in [0.15, 0.2) is 0 Å². The minimum atomic E-state index is 0.986. The third-order valence-electron chi connectivity index (χ3n) is 3.79. The van der Waals surface area contributed by atoms with E-state index in [2.05, 4.69) is 32.5 Å². The molecule has 0 spiro atoms. The Bertz CT molecular complexity index is 145. The normalized spacial score (nSPS) is 12.8. The molecule has 1 unspecified atom stereocenters. The molecule has 1 heteroatoms. The Hall–Kier alpha value is 0.350. The SMILES string of the molecule is CCCCCCCCCSCC(CC)CCCC. The maximum atomic E-state index is 2.36. The largest absolute Gasteiger partial charge is 0.162 e. The van der Waals surface area contributed by atoms with Crippen LogP contribution in [0.3, 0.4) is 0 Å². The van der Waals surface area contributed by atoms with E-state index in [1.807, 2.05) is 0 Å². The Balaban J connectivity index is 3.17. The second-order valence-electron chi connectivity index (χ2n) is 5.61. The van der Waals surface area contributed by atoms with E-state index in [0.29, 0.717) is 0 Å². The molecule has 18 heavy (non-hydrogen) atoms. The van der Waals surface area contributed by atoms with Gasteiger partial charge in [-0.2, -0.15) is 11.8 Å². The molecule has 1 atom stereocenters. The lowest BCUT2D eigenvalue weighted by Crippen LogP contribution is -2.02. The molecule has 0 saturated carbocycles. The highest BCUT2D eigenvalue weighted by atomic mass is 32.2. The third kappa shape index (κ3) is 12.8. The molecule has 0 aliphatic rings. The van der Waals surface area contributed by atoms with E-state index in [9.17, 15) is 0 Å². The van der Waals surface area contributed by atoms with Crippen LogP contribution in [0.1, 0.15) is 91.4 Å². The van der Waals surface area contributed by atoms with Crippen LogP contribution in [0.15, 0.2) is 0 Å². The summed E-state index contributed by atoms with van der Waals surface area (Å²) in [6.45, 7) is 6.95. The van der Waals surface area contributed by atoms with Crippen LogP contribution >= 0.6 is 11.8 Å². The Kier molecular flexibility index (Phi) is 15.7. The molecule has 0 radical (unpaired) electrons. The zero-order chi connectivity index (χ0) is 13.5. The van der Waals surface area contributed by atoms with Crippen molar-refractivity contribution in [2.45, 2.75) is 91.4 Å². The van der Waals surface area contributed by atoms with Crippen LogP contribution in [0, 0.1) is 5.92 Å². The topological polar surface area (TPSA) is 0 Å². The van der Waals surface area contributed by atoms with Crippen molar-refractivity contribution in [2.24, 2.45) is 5.92 Å². The minimum absolute atomic E-state index is 0.986. The molecule has 110 valence electrons. The second kappa shape index (κ2) is 15.4. The summed E-state index contributed by atoms with van der Waals surface area (Å²) < 4.78 is 0. The molecule has 0 fully saturated rings. The first-order valence-corrected chi connectivity index (χ1v) is 9.58. The van der Waals surface area contributed by atoms with Gasteiger partial charge in [-0.3, -0.25) is 0 Å². The summed E-state index contributed by atoms with van der Waals surface area (Å²) in [5.41, 5.74) is 0. The van der Waals surface area contributed by atoms with E-state index >= 15 is 0 Å². The number of hydrogen-bond donors (Lipinski definition) is 0. The van der Waals surface area contributed by atoms with Gasteiger partial charge in [-0.1, -0.05) is 78.6 Å². The van der Waals surface area contributed by atoms with E-state index in [0.717, 1.165) is 5.92 Å². The lowest BCUT2D eigenvalue weighted by molar-refractivity contribution is 0.499. The Morgan fingerprint density at radius 3 is 1.94 bits per heavy atom. The van der Waals surface area contributed by atoms with Crippen molar-refractivity contribution in [3.8, 4) is 0 Å². The molecule has 0 aliphatic carbocycles. The maximum absolute atomic E-state index is 2.36. The van der Waals surface area contributed by atoms with Crippen LogP contribution in [0.5, 0.6) is 0 Å². The highest BCUT2D eigenvalue weighted by Crippen LogP contribution is 2.19. The number of thioether (sulfide) groups is 1. The number of unbranched alkanes of at least 4 members (excludes halogenated alkanes) is 7. The number of rotatable bonds is 14. The first-order valence-electron chi connectivity index (χ1n) is 8.42. The van der Waals surface area contributed by atoms with Crippen molar-refractivity contribution >= 4 is 11.8 Å². The fourth-order valence-electron chi connectivity index (χ4n) is 2.31. The predicted molar refractivity (Wildman–Crippen MR) is 88.6 cm³/mol. The smallest absolute Gasteiger partial charge is 0.00392 e. The molecule has 0 rings (SSSR count). The first kappa shape index (κ1) is 18.4. The molecule has 0 bridgehead atoms. The van der Waals surface area contributed by atoms with Crippen molar-refractivity contribution < 1.29 is 0 Å². The van der Waals surface area contributed by atoms with Crippen molar-refractivity contribution in [3.63, 3.8) is 0 Å². The van der Waals surface area contributed by atoms with Crippen LogP contribution in [0.2, 0.25) is 0 Å². The average molecular weight is 273 g/mol. The van der Waals surface area contributed by atoms with Gasteiger partial charge in [0.1, 0.15) is 0 Å². The van der Waals surface area contributed by atoms with Gasteiger partial charge in [0, 0.05) is 0 Å². The van der Waals surface area contributed by atoms with Gasteiger partial charge in [0.2, 0.25) is 0 Å². The Morgan fingerprint density at radius 2 is 1.33 bits per heavy atom. The van der Waals surface area contributed by atoms with Gasteiger partial charge in [-0.05, 0) is 30.3 Å². The van der Waals surface area contributed by atoms with E-state index in [1.165, 1.54) is 82.1 Å². The van der Waals surface area contributed by atoms with E-state index < -0.39 is 0 Å². The standard InChI is InChI=1S/C17H36S/c1-4-7-9-10-11-12-13-15-18-16-17(6-3)14-8-5-2/h17H,4-16H2,1-3H3. The van der Waals surface area contributed by atoms with Crippen molar-refractivity contribution in [1.29, 1.82) is 0 Å². The maximum Gasteiger partial charge on any atom is -0.00392 e. The average Bonchev–Trinajstić information content (AvgIpc) is 2.40. The molecule has 0 aromatic carbocycles. The summed E-state index contributed by atoms with van der Waals surface area (Å²) >= 11 is 2.20. The van der Waals surface area contributed by atoms with E-state index in [1.54, 1.807) is 0 Å². The predicted octanol–water partition coefficient (Wildman–Crippen LogP) is 6.69. The minimum Gasteiger partial charge on any atom is -0.162 e. The van der Waals surface area contributed by atoms with Gasteiger partial charge >= 0.3 is 0 Å². The quantitative estimate of drug-likeness (QED) is 0.318. The van der Waals surface area contributed by atoms with Crippen molar-refractivity contribution in [1.82, 2.24) is 0 Å². The second-order valence-corrected chi connectivity index (χ2v) is 6.76. The van der Waals surface area contributed by atoms with Crippen LogP contribution in [0.25, 0.3) is 0 Å². The molecule has 0 saturated heterocycles. The molecule has 0 aromatic heterocycles. The van der Waals surface area contributed by atoms with Crippen molar-refractivity contribution in [2.75, 3.05) is 11.5 Å². The van der Waals surface area contributed by atoms with Crippen LogP contribution in [-0.2, 0) is 0 Å². The Morgan fingerprint density at radius 1 is 0.722 bits per heavy atom. The lowest BCUT2D eigenvalue weighted by Gasteiger charge is -2.13.